The van der Waals surface area contributed by atoms with Gasteiger partial charge in [0, 0.05) is 18.3 Å². The second-order valence-corrected chi connectivity index (χ2v) is 3.32. The van der Waals surface area contributed by atoms with E-state index in [-0.39, 0.29) is 6.17 Å². The summed E-state index contributed by atoms with van der Waals surface area (Å²) in [7, 11) is 0. The Labute approximate surface area is 73.6 Å². The first-order chi connectivity index (χ1) is 5.66. The van der Waals surface area contributed by atoms with Gasteiger partial charge in [0.1, 0.15) is 5.82 Å². The van der Waals surface area contributed by atoms with Gasteiger partial charge in [0.05, 0.1) is 6.17 Å². The maximum absolute atomic E-state index is 5.90. The van der Waals surface area contributed by atoms with E-state index in [2.05, 4.69) is 25.8 Å². The van der Waals surface area contributed by atoms with Gasteiger partial charge in [0.25, 0.3) is 0 Å². The SMILES string of the molecule is CCC(N)n1ccnc1C(C)C. The van der Waals surface area contributed by atoms with Crippen molar-refractivity contribution in [1.29, 1.82) is 0 Å². The molecular formula is C9H17N3. The fraction of sp³-hybridized carbons (Fsp3) is 0.667. The van der Waals surface area contributed by atoms with E-state index >= 15 is 0 Å². The van der Waals surface area contributed by atoms with Crippen LogP contribution in [0.3, 0.4) is 0 Å². The zero-order valence-electron chi connectivity index (χ0n) is 7.99. The zero-order chi connectivity index (χ0) is 9.14. The Bertz CT molecular complexity index is 240. The van der Waals surface area contributed by atoms with Crippen molar-refractivity contribution >= 4 is 0 Å². The first-order valence-electron chi connectivity index (χ1n) is 4.45. The number of hydrogen-bond acceptors (Lipinski definition) is 2. The van der Waals surface area contributed by atoms with Crippen LogP contribution in [-0.4, -0.2) is 9.55 Å². The fourth-order valence-electron chi connectivity index (χ4n) is 1.25. The Kier molecular flexibility index (Phi) is 2.87. The van der Waals surface area contributed by atoms with Crippen LogP contribution in [0, 0.1) is 0 Å². The highest BCUT2D eigenvalue weighted by Crippen LogP contribution is 2.15. The molecule has 0 aromatic carbocycles. The Morgan fingerprint density at radius 1 is 1.58 bits per heavy atom. The molecule has 1 aromatic rings. The molecule has 0 bridgehead atoms. The van der Waals surface area contributed by atoms with E-state index in [4.69, 9.17) is 5.73 Å². The van der Waals surface area contributed by atoms with Crippen molar-refractivity contribution in [3.05, 3.63) is 18.2 Å². The molecule has 12 heavy (non-hydrogen) atoms. The molecule has 0 amide bonds. The summed E-state index contributed by atoms with van der Waals surface area (Å²) < 4.78 is 2.05. The van der Waals surface area contributed by atoms with Crippen molar-refractivity contribution < 1.29 is 0 Å². The molecule has 0 saturated heterocycles. The first-order valence-corrected chi connectivity index (χ1v) is 4.45. The van der Waals surface area contributed by atoms with Gasteiger partial charge in [-0.15, -0.1) is 0 Å². The third-order valence-electron chi connectivity index (χ3n) is 1.99. The Balaban J connectivity index is 2.91. The van der Waals surface area contributed by atoms with Crippen LogP contribution < -0.4 is 5.73 Å². The van der Waals surface area contributed by atoms with Crippen LogP contribution in [0.25, 0.3) is 0 Å². The van der Waals surface area contributed by atoms with E-state index in [0.29, 0.717) is 5.92 Å². The minimum Gasteiger partial charge on any atom is -0.319 e. The smallest absolute Gasteiger partial charge is 0.112 e. The molecule has 0 aliphatic carbocycles. The van der Waals surface area contributed by atoms with Gasteiger partial charge in [0.15, 0.2) is 0 Å². The Hall–Kier alpha value is -0.830. The largest absolute Gasteiger partial charge is 0.319 e. The standard InChI is InChI=1S/C9H17N3/c1-4-8(10)12-6-5-11-9(12)7(2)3/h5-8H,4,10H2,1-3H3. The minimum atomic E-state index is 0.0740. The number of hydrogen-bond donors (Lipinski definition) is 1. The van der Waals surface area contributed by atoms with Crippen molar-refractivity contribution in [2.24, 2.45) is 5.73 Å². The second kappa shape index (κ2) is 3.72. The lowest BCUT2D eigenvalue weighted by Crippen LogP contribution is -2.19. The number of aromatic nitrogens is 2. The number of rotatable bonds is 3. The molecule has 1 heterocycles. The van der Waals surface area contributed by atoms with Gasteiger partial charge in [-0.3, -0.25) is 0 Å². The van der Waals surface area contributed by atoms with Crippen molar-refractivity contribution in [3.8, 4) is 0 Å². The van der Waals surface area contributed by atoms with Crippen molar-refractivity contribution in [2.45, 2.75) is 39.3 Å². The number of nitrogens with two attached hydrogens (primary N) is 1. The van der Waals surface area contributed by atoms with E-state index in [9.17, 15) is 0 Å². The molecule has 3 heteroatoms. The molecule has 3 nitrogen and oxygen atoms in total. The van der Waals surface area contributed by atoms with Gasteiger partial charge in [-0.1, -0.05) is 20.8 Å². The van der Waals surface area contributed by atoms with Crippen LogP contribution in [0.15, 0.2) is 12.4 Å². The number of imidazole rings is 1. The predicted molar refractivity (Wildman–Crippen MR) is 49.8 cm³/mol. The summed E-state index contributed by atoms with van der Waals surface area (Å²) in [5.41, 5.74) is 5.90. The Morgan fingerprint density at radius 3 is 2.75 bits per heavy atom. The molecular weight excluding hydrogens is 150 g/mol. The summed E-state index contributed by atoms with van der Waals surface area (Å²) in [6.07, 6.45) is 4.77. The summed E-state index contributed by atoms with van der Waals surface area (Å²) in [6.45, 7) is 6.33. The van der Waals surface area contributed by atoms with Crippen LogP contribution in [-0.2, 0) is 0 Å². The average molecular weight is 167 g/mol. The fourth-order valence-corrected chi connectivity index (χ4v) is 1.25. The van der Waals surface area contributed by atoms with Gasteiger partial charge in [-0.25, -0.2) is 4.98 Å². The molecule has 1 rings (SSSR count). The summed E-state index contributed by atoms with van der Waals surface area (Å²) in [6, 6.07) is 0. The summed E-state index contributed by atoms with van der Waals surface area (Å²) in [4.78, 5) is 4.27. The van der Waals surface area contributed by atoms with Gasteiger partial charge in [0.2, 0.25) is 0 Å². The summed E-state index contributed by atoms with van der Waals surface area (Å²) in [5, 5.41) is 0. The first kappa shape index (κ1) is 9.26. The molecule has 1 atom stereocenters. The van der Waals surface area contributed by atoms with Crippen LogP contribution in [0.1, 0.15) is 45.1 Å². The molecule has 1 aromatic heterocycles. The molecule has 0 saturated carbocycles. The van der Waals surface area contributed by atoms with E-state index in [1.54, 1.807) is 0 Å². The highest BCUT2D eigenvalue weighted by atomic mass is 15.1. The molecule has 0 aliphatic rings. The van der Waals surface area contributed by atoms with Crippen LogP contribution in [0.4, 0.5) is 0 Å². The van der Waals surface area contributed by atoms with Gasteiger partial charge >= 0.3 is 0 Å². The molecule has 68 valence electrons. The van der Waals surface area contributed by atoms with Gasteiger partial charge < -0.3 is 10.3 Å². The summed E-state index contributed by atoms with van der Waals surface area (Å²) >= 11 is 0. The zero-order valence-corrected chi connectivity index (χ0v) is 7.99. The molecule has 0 fully saturated rings. The van der Waals surface area contributed by atoms with Crippen molar-refractivity contribution in [2.75, 3.05) is 0 Å². The highest BCUT2D eigenvalue weighted by molar-refractivity contribution is 4.98. The maximum Gasteiger partial charge on any atom is 0.112 e. The Morgan fingerprint density at radius 2 is 2.25 bits per heavy atom. The van der Waals surface area contributed by atoms with Crippen molar-refractivity contribution in [3.63, 3.8) is 0 Å². The van der Waals surface area contributed by atoms with Crippen LogP contribution in [0.5, 0.6) is 0 Å². The van der Waals surface area contributed by atoms with Gasteiger partial charge in [-0.2, -0.15) is 0 Å². The highest BCUT2D eigenvalue weighted by Gasteiger charge is 2.10. The molecule has 0 aliphatic heterocycles. The predicted octanol–water partition coefficient (Wildman–Crippen LogP) is 1.87. The van der Waals surface area contributed by atoms with Gasteiger partial charge in [-0.05, 0) is 6.42 Å². The minimum absolute atomic E-state index is 0.0740. The molecule has 1 unspecified atom stereocenters. The second-order valence-electron chi connectivity index (χ2n) is 3.32. The lowest BCUT2D eigenvalue weighted by Gasteiger charge is -2.15. The third-order valence-corrected chi connectivity index (χ3v) is 1.99. The maximum atomic E-state index is 5.90. The average Bonchev–Trinajstić information content (AvgIpc) is 2.50. The van der Waals surface area contributed by atoms with Crippen molar-refractivity contribution in [1.82, 2.24) is 9.55 Å². The molecule has 0 spiro atoms. The molecule has 0 radical (unpaired) electrons. The van der Waals surface area contributed by atoms with E-state index < -0.39 is 0 Å². The molecule has 2 N–H and O–H groups in total. The number of nitrogens with zero attached hydrogens (tertiary/aromatic N) is 2. The third kappa shape index (κ3) is 1.67. The van der Waals surface area contributed by atoms with E-state index in [1.807, 2.05) is 17.0 Å². The van der Waals surface area contributed by atoms with E-state index in [1.165, 1.54) is 0 Å². The quantitative estimate of drug-likeness (QED) is 0.747. The van der Waals surface area contributed by atoms with E-state index in [0.717, 1.165) is 12.2 Å². The summed E-state index contributed by atoms with van der Waals surface area (Å²) in [5.74, 6) is 1.52. The monoisotopic (exact) mass is 167 g/mol. The van der Waals surface area contributed by atoms with Crippen LogP contribution in [0.2, 0.25) is 0 Å². The lowest BCUT2D eigenvalue weighted by atomic mass is 10.2. The lowest BCUT2D eigenvalue weighted by molar-refractivity contribution is 0.476. The topological polar surface area (TPSA) is 43.8 Å². The normalized spacial score (nSPS) is 13.8. The van der Waals surface area contributed by atoms with Crippen LogP contribution >= 0.6 is 0 Å².